The van der Waals surface area contributed by atoms with Gasteiger partial charge in [-0.25, -0.2) is 5.48 Å². The van der Waals surface area contributed by atoms with Crippen LogP contribution in [0.3, 0.4) is 0 Å². The molecule has 0 aromatic heterocycles. The van der Waals surface area contributed by atoms with Crippen LogP contribution < -0.4 is 16.1 Å². The van der Waals surface area contributed by atoms with E-state index in [9.17, 15) is 19.2 Å². The lowest BCUT2D eigenvalue weighted by atomic mass is 9.65. The number of rotatable bonds is 15. The lowest BCUT2D eigenvalue weighted by molar-refractivity contribution is -0.121. The molecule has 0 heterocycles. The number of benzene rings is 3. The van der Waals surface area contributed by atoms with E-state index in [-0.39, 0.29) is 41.5 Å². The molecule has 2 aliphatic rings. The van der Waals surface area contributed by atoms with E-state index < -0.39 is 5.91 Å². The zero-order chi connectivity index (χ0) is 38.8. The summed E-state index contributed by atoms with van der Waals surface area (Å²) < 4.78 is 0. The highest BCUT2D eigenvalue weighted by Gasteiger charge is 2.37. The molecule has 2 unspecified atom stereocenters. The number of amides is 4. The minimum atomic E-state index is -0.654. The zero-order valence-corrected chi connectivity index (χ0v) is 32.1. The lowest BCUT2D eigenvalue weighted by Gasteiger charge is -2.38. The molecule has 284 valence electrons. The molecule has 0 aliphatic heterocycles. The summed E-state index contributed by atoms with van der Waals surface area (Å²) in [7, 11) is 1.80. The highest BCUT2D eigenvalue weighted by Crippen LogP contribution is 2.48. The summed E-state index contributed by atoms with van der Waals surface area (Å²) in [5.41, 5.74) is 12.7. The summed E-state index contributed by atoms with van der Waals surface area (Å²) in [6.07, 6.45) is 8.96. The predicted molar refractivity (Wildman–Crippen MR) is 212 cm³/mol. The highest BCUT2D eigenvalue weighted by atomic mass is 16.5. The van der Waals surface area contributed by atoms with Crippen LogP contribution in [0, 0.1) is 12.8 Å². The molecule has 3 aromatic rings. The Morgan fingerprint density at radius 3 is 2.30 bits per heavy atom. The minimum absolute atomic E-state index is 0.0164. The smallest absolute Gasteiger partial charge is 0.274 e. The molecule has 10 heteroatoms. The maximum atomic E-state index is 14.1. The largest absolute Gasteiger partial charge is 0.356 e. The Labute approximate surface area is 318 Å². The van der Waals surface area contributed by atoms with Gasteiger partial charge >= 0.3 is 0 Å². The van der Waals surface area contributed by atoms with Crippen LogP contribution in [0.5, 0.6) is 0 Å². The number of hydrogen-bond acceptors (Lipinski definition) is 6. The van der Waals surface area contributed by atoms with E-state index in [1.165, 1.54) is 57.7 Å². The third-order valence-electron chi connectivity index (χ3n) is 10.4. The molecule has 4 N–H and O–H groups in total. The molecule has 10 nitrogen and oxygen atoms in total. The summed E-state index contributed by atoms with van der Waals surface area (Å²) in [4.78, 5) is 57.1. The van der Waals surface area contributed by atoms with Crippen LogP contribution in [0.15, 0.2) is 89.0 Å². The van der Waals surface area contributed by atoms with E-state index in [4.69, 9.17) is 10.2 Å². The normalized spacial score (nSPS) is 16.7. The average molecular weight is 732 g/mol. The summed E-state index contributed by atoms with van der Waals surface area (Å²) in [5.74, 6) is -1.02. The summed E-state index contributed by atoms with van der Waals surface area (Å²) in [6, 6.07) is 18.6. The van der Waals surface area contributed by atoms with Gasteiger partial charge in [-0.2, -0.15) is 0 Å². The number of carbonyl (C=O) groups excluding carboxylic acids is 4. The van der Waals surface area contributed by atoms with Crippen molar-refractivity contribution >= 4 is 29.3 Å². The molecule has 54 heavy (non-hydrogen) atoms. The van der Waals surface area contributed by atoms with Crippen LogP contribution in [0.25, 0.3) is 0 Å². The molecule has 2 aliphatic carbocycles. The van der Waals surface area contributed by atoms with Gasteiger partial charge in [-0.15, -0.1) is 0 Å². The Hall–Kier alpha value is -5.35. The van der Waals surface area contributed by atoms with Crippen molar-refractivity contribution in [2.75, 3.05) is 33.2 Å². The Balaban J connectivity index is 1.19. The van der Waals surface area contributed by atoms with Crippen molar-refractivity contribution in [3.05, 3.63) is 128 Å². The number of nitrogens with zero attached hydrogens (tertiary/aromatic N) is 2. The van der Waals surface area contributed by atoms with Crippen LogP contribution in [-0.4, -0.2) is 72.7 Å². The maximum absolute atomic E-state index is 14.1. The van der Waals surface area contributed by atoms with Gasteiger partial charge in [0.1, 0.15) is 0 Å². The zero-order valence-electron chi connectivity index (χ0n) is 32.1. The van der Waals surface area contributed by atoms with Gasteiger partial charge in [0.05, 0.1) is 5.71 Å². The molecule has 0 bridgehead atoms. The average Bonchev–Trinajstić information content (AvgIpc) is 3.17. The number of fused-ring (bicyclic) bond motifs is 2. The SMILES string of the molecule is CCCc1cc2c(cc1C)C(c1ccccc1C(=O)N(C)CCCC(=O)NCCCNC(=O)c1ccc(C(=O)NO)cc1)C1C=C(C)/C(=N/CC)C=C1C2. The van der Waals surface area contributed by atoms with E-state index in [0.29, 0.717) is 43.6 Å². The Morgan fingerprint density at radius 2 is 1.59 bits per heavy atom. The second kappa shape index (κ2) is 18.6. The third kappa shape index (κ3) is 9.41. The first-order valence-electron chi connectivity index (χ1n) is 19.1. The first-order chi connectivity index (χ1) is 26.1. The number of hydroxylamine groups is 1. The van der Waals surface area contributed by atoms with E-state index >= 15 is 0 Å². The maximum Gasteiger partial charge on any atom is 0.274 e. The first kappa shape index (κ1) is 39.8. The number of aryl methyl sites for hydroxylation is 2. The van der Waals surface area contributed by atoms with Crippen molar-refractivity contribution in [1.29, 1.82) is 0 Å². The molecule has 5 rings (SSSR count). The van der Waals surface area contributed by atoms with Gasteiger partial charge in [0, 0.05) is 68.2 Å². The predicted octanol–water partition coefficient (Wildman–Crippen LogP) is 6.51. The fraction of sp³-hybridized carbons (Fsp3) is 0.386. The molecular weight excluding hydrogens is 679 g/mol. The third-order valence-corrected chi connectivity index (χ3v) is 10.4. The van der Waals surface area contributed by atoms with E-state index in [1.807, 2.05) is 18.2 Å². The van der Waals surface area contributed by atoms with Crippen molar-refractivity contribution in [3.63, 3.8) is 0 Å². The molecule has 0 fully saturated rings. The van der Waals surface area contributed by atoms with E-state index in [1.54, 1.807) is 17.4 Å². The Morgan fingerprint density at radius 1 is 0.889 bits per heavy atom. The van der Waals surface area contributed by atoms with Gasteiger partial charge < -0.3 is 15.5 Å². The summed E-state index contributed by atoms with van der Waals surface area (Å²) in [6.45, 7) is 10.5. The monoisotopic (exact) mass is 731 g/mol. The van der Waals surface area contributed by atoms with Crippen molar-refractivity contribution in [2.24, 2.45) is 10.9 Å². The van der Waals surface area contributed by atoms with Gasteiger partial charge in [0.25, 0.3) is 17.7 Å². The fourth-order valence-corrected chi connectivity index (χ4v) is 7.54. The van der Waals surface area contributed by atoms with Crippen molar-refractivity contribution in [3.8, 4) is 0 Å². The molecule has 3 aromatic carbocycles. The number of hydrogen-bond donors (Lipinski definition) is 4. The van der Waals surface area contributed by atoms with Gasteiger partial charge in [-0.3, -0.25) is 29.4 Å². The quantitative estimate of drug-likeness (QED) is 0.0803. The van der Waals surface area contributed by atoms with Crippen molar-refractivity contribution in [2.45, 2.75) is 72.1 Å². The molecule has 0 spiro atoms. The van der Waals surface area contributed by atoms with Gasteiger partial charge in [-0.05, 0) is 116 Å². The second-order valence-corrected chi connectivity index (χ2v) is 14.2. The number of nitrogens with one attached hydrogen (secondary N) is 3. The minimum Gasteiger partial charge on any atom is -0.356 e. The number of aliphatic imine (C=N–C) groups is 1. The Bertz CT molecular complexity index is 1960. The molecule has 4 amide bonds. The van der Waals surface area contributed by atoms with Crippen molar-refractivity contribution < 1.29 is 24.4 Å². The van der Waals surface area contributed by atoms with Crippen LogP contribution in [-0.2, 0) is 17.6 Å². The van der Waals surface area contributed by atoms with Crippen LogP contribution >= 0.6 is 0 Å². The molecule has 2 atom stereocenters. The summed E-state index contributed by atoms with van der Waals surface area (Å²) in [5, 5.41) is 14.4. The number of allylic oxidation sites excluding steroid dienone is 4. The Kier molecular flexibility index (Phi) is 13.7. The highest BCUT2D eigenvalue weighted by molar-refractivity contribution is 6.09. The topological polar surface area (TPSA) is 140 Å². The van der Waals surface area contributed by atoms with Crippen molar-refractivity contribution in [1.82, 2.24) is 21.0 Å². The van der Waals surface area contributed by atoms with E-state index in [0.717, 1.165) is 37.1 Å². The molecular formula is C44H53N5O5. The van der Waals surface area contributed by atoms with Crippen LogP contribution in [0.1, 0.15) is 111 Å². The van der Waals surface area contributed by atoms with Gasteiger partial charge in [0.15, 0.2) is 0 Å². The van der Waals surface area contributed by atoms with Crippen LogP contribution in [0.4, 0.5) is 0 Å². The fourth-order valence-electron chi connectivity index (χ4n) is 7.54. The molecule has 0 radical (unpaired) electrons. The second-order valence-electron chi connectivity index (χ2n) is 14.2. The van der Waals surface area contributed by atoms with Crippen LogP contribution in [0.2, 0.25) is 0 Å². The number of carbonyl (C=O) groups is 4. The molecule has 0 saturated carbocycles. The molecule has 0 saturated heterocycles. The van der Waals surface area contributed by atoms with E-state index in [2.05, 4.69) is 68.7 Å². The first-order valence-corrected chi connectivity index (χ1v) is 19.1. The lowest BCUT2D eigenvalue weighted by Crippen LogP contribution is -2.33. The van der Waals surface area contributed by atoms with Gasteiger partial charge in [-0.1, -0.05) is 55.3 Å². The van der Waals surface area contributed by atoms with Gasteiger partial charge in [0.2, 0.25) is 5.91 Å². The standard InChI is InChI=1S/C44H53N5O5/c1-6-12-32-25-33-26-34-27-39(45-7-2)29(4)24-38(34)41(37(33)23-28(32)3)35-13-8-9-14-36(35)44(53)49(5)22-10-15-40(50)46-20-11-21-47-42(51)30-16-18-31(19-17-30)43(52)48-54/h8-9,13-14,16-19,23-25,27,38,41,54H,6-7,10-12,15,20-22,26H2,1-5H3,(H,46,50)(H,47,51)(H,48,52)/b45-39+. The summed E-state index contributed by atoms with van der Waals surface area (Å²) >= 11 is 0.